The first-order valence-corrected chi connectivity index (χ1v) is 5.61. The zero-order valence-corrected chi connectivity index (χ0v) is 9.71. The molecule has 0 aliphatic heterocycles. The van der Waals surface area contributed by atoms with E-state index in [4.69, 9.17) is 5.73 Å². The Morgan fingerprint density at radius 2 is 1.85 bits per heavy atom. The van der Waals surface area contributed by atoms with E-state index in [0.29, 0.717) is 12.0 Å². The number of nitrogens with two attached hydrogens (primary N) is 1. The summed E-state index contributed by atoms with van der Waals surface area (Å²) in [5.41, 5.74) is 5.67. The molecular weight excluding hydrogens is 160 g/mol. The Balaban J connectivity index is 3.90. The third kappa shape index (κ3) is 4.63. The molecule has 0 bridgehead atoms. The lowest BCUT2D eigenvalue weighted by molar-refractivity contribution is 0.170. The molecule has 0 spiro atoms. The molecule has 2 atom stereocenters. The van der Waals surface area contributed by atoms with Gasteiger partial charge in [-0.05, 0) is 38.9 Å². The summed E-state index contributed by atoms with van der Waals surface area (Å²) < 4.78 is 0. The highest BCUT2D eigenvalue weighted by Gasteiger charge is 2.16. The molecule has 0 aromatic carbocycles. The van der Waals surface area contributed by atoms with Gasteiger partial charge in [-0.2, -0.15) is 0 Å². The summed E-state index contributed by atoms with van der Waals surface area (Å²) >= 11 is 0. The molecule has 2 N–H and O–H groups in total. The summed E-state index contributed by atoms with van der Waals surface area (Å²) in [6.07, 6.45) is 2.58. The lowest BCUT2D eigenvalue weighted by Gasteiger charge is -2.31. The lowest BCUT2D eigenvalue weighted by atomic mass is 10.0. The highest BCUT2D eigenvalue weighted by molar-refractivity contribution is 4.72. The predicted octanol–water partition coefficient (Wildman–Crippen LogP) is 2.09. The third-order valence-electron chi connectivity index (χ3n) is 2.98. The van der Waals surface area contributed by atoms with E-state index in [1.807, 2.05) is 0 Å². The van der Waals surface area contributed by atoms with Crippen molar-refractivity contribution in [3.63, 3.8) is 0 Å². The van der Waals surface area contributed by atoms with Gasteiger partial charge < -0.3 is 10.6 Å². The Labute approximate surface area is 83.5 Å². The monoisotopic (exact) mass is 186 g/mol. The maximum atomic E-state index is 5.67. The largest absolute Gasteiger partial charge is 0.330 e. The van der Waals surface area contributed by atoms with Crippen LogP contribution >= 0.6 is 0 Å². The van der Waals surface area contributed by atoms with Crippen LogP contribution in [0.1, 0.15) is 40.5 Å². The van der Waals surface area contributed by atoms with Gasteiger partial charge in [0.2, 0.25) is 0 Å². The maximum absolute atomic E-state index is 5.67. The fourth-order valence-corrected chi connectivity index (χ4v) is 1.57. The summed E-state index contributed by atoms with van der Waals surface area (Å²) in [7, 11) is 0. The molecule has 0 aliphatic rings. The van der Waals surface area contributed by atoms with Gasteiger partial charge in [0.15, 0.2) is 0 Å². The maximum Gasteiger partial charge on any atom is 0.0104 e. The van der Waals surface area contributed by atoms with Crippen molar-refractivity contribution in [1.82, 2.24) is 4.90 Å². The molecular formula is C11H26N2. The van der Waals surface area contributed by atoms with E-state index in [1.165, 1.54) is 19.4 Å². The molecule has 0 fully saturated rings. The van der Waals surface area contributed by atoms with Gasteiger partial charge in [-0.1, -0.05) is 27.2 Å². The number of rotatable bonds is 7. The smallest absolute Gasteiger partial charge is 0.0104 e. The first-order chi connectivity index (χ1) is 6.17. The Kier molecular flexibility index (Phi) is 7.29. The molecule has 2 heteroatoms. The van der Waals surface area contributed by atoms with Crippen LogP contribution in [0.2, 0.25) is 0 Å². The van der Waals surface area contributed by atoms with Crippen LogP contribution in [0.4, 0.5) is 0 Å². The number of hydrogen-bond donors (Lipinski definition) is 1. The molecule has 0 aromatic heterocycles. The number of unbranched alkanes of at least 4 members (excludes halogenated alkanes) is 1. The summed E-state index contributed by atoms with van der Waals surface area (Å²) in [5, 5.41) is 0. The summed E-state index contributed by atoms with van der Waals surface area (Å²) in [5.74, 6) is 0.608. The second-order valence-corrected chi connectivity index (χ2v) is 3.94. The molecule has 0 rings (SSSR count). The molecule has 0 aliphatic carbocycles. The van der Waals surface area contributed by atoms with Crippen molar-refractivity contribution >= 4 is 0 Å². The topological polar surface area (TPSA) is 29.3 Å². The van der Waals surface area contributed by atoms with Crippen molar-refractivity contribution in [2.45, 2.75) is 46.6 Å². The van der Waals surface area contributed by atoms with Crippen LogP contribution in [0.15, 0.2) is 0 Å². The van der Waals surface area contributed by atoms with Crippen LogP contribution in [0.3, 0.4) is 0 Å². The minimum atomic E-state index is 0.608. The summed E-state index contributed by atoms with van der Waals surface area (Å²) in [6.45, 7) is 12.2. The van der Waals surface area contributed by atoms with E-state index in [9.17, 15) is 0 Å². The van der Waals surface area contributed by atoms with Crippen LogP contribution in [0.25, 0.3) is 0 Å². The zero-order valence-electron chi connectivity index (χ0n) is 9.71. The van der Waals surface area contributed by atoms with Gasteiger partial charge in [0.1, 0.15) is 0 Å². The first-order valence-electron chi connectivity index (χ1n) is 5.61. The molecule has 80 valence electrons. The zero-order chi connectivity index (χ0) is 10.3. The van der Waals surface area contributed by atoms with Gasteiger partial charge >= 0.3 is 0 Å². The molecule has 0 radical (unpaired) electrons. The molecule has 0 saturated heterocycles. The Bertz CT molecular complexity index is 115. The molecule has 0 amide bonds. The van der Waals surface area contributed by atoms with Gasteiger partial charge in [-0.25, -0.2) is 0 Å². The summed E-state index contributed by atoms with van der Waals surface area (Å²) in [4.78, 5) is 2.53. The molecule has 2 nitrogen and oxygen atoms in total. The molecule has 0 heterocycles. The Morgan fingerprint density at radius 3 is 2.23 bits per heavy atom. The normalized spacial score (nSPS) is 16.2. The standard InChI is InChI=1S/C11H26N2/c1-5-7-8-13(6-2)11(4)10(3)9-12/h10-11H,5-9,12H2,1-4H3. The van der Waals surface area contributed by atoms with E-state index in [0.717, 1.165) is 13.1 Å². The quantitative estimate of drug-likeness (QED) is 0.659. The van der Waals surface area contributed by atoms with E-state index in [1.54, 1.807) is 0 Å². The van der Waals surface area contributed by atoms with Gasteiger partial charge in [0.25, 0.3) is 0 Å². The molecule has 2 unspecified atom stereocenters. The minimum absolute atomic E-state index is 0.608. The van der Waals surface area contributed by atoms with E-state index in [2.05, 4.69) is 32.6 Å². The average molecular weight is 186 g/mol. The SMILES string of the molecule is CCCCN(CC)C(C)C(C)CN. The minimum Gasteiger partial charge on any atom is -0.330 e. The van der Waals surface area contributed by atoms with Crippen molar-refractivity contribution < 1.29 is 0 Å². The highest BCUT2D eigenvalue weighted by Crippen LogP contribution is 2.10. The van der Waals surface area contributed by atoms with Crippen molar-refractivity contribution in [1.29, 1.82) is 0 Å². The van der Waals surface area contributed by atoms with E-state index >= 15 is 0 Å². The van der Waals surface area contributed by atoms with Gasteiger partial charge in [-0.15, -0.1) is 0 Å². The molecule has 13 heavy (non-hydrogen) atoms. The average Bonchev–Trinajstić information content (AvgIpc) is 2.17. The third-order valence-corrected chi connectivity index (χ3v) is 2.98. The van der Waals surface area contributed by atoms with E-state index in [-0.39, 0.29) is 0 Å². The highest BCUT2D eigenvalue weighted by atomic mass is 15.1. The molecule has 0 aromatic rings. The Morgan fingerprint density at radius 1 is 1.23 bits per heavy atom. The van der Waals surface area contributed by atoms with Crippen LogP contribution in [-0.2, 0) is 0 Å². The van der Waals surface area contributed by atoms with Crippen LogP contribution in [-0.4, -0.2) is 30.6 Å². The lowest BCUT2D eigenvalue weighted by Crippen LogP contribution is -2.40. The van der Waals surface area contributed by atoms with Gasteiger partial charge in [0, 0.05) is 6.04 Å². The number of nitrogens with zero attached hydrogens (tertiary/aromatic N) is 1. The fourth-order valence-electron chi connectivity index (χ4n) is 1.57. The van der Waals surface area contributed by atoms with Crippen molar-refractivity contribution in [2.24, 2.45) is 11.7 Å². The van der Waals surface area contributed by atoms with Crippen molar-refractivity contribution in [3.8, 4) is 0 Å². The van der Waals surface area contributed by atoms with Crippen molar-refractivity contribution in [3.05, 3.63) is 0 Å². The van der Waals surface area contributed by atoms with Crippen LogP contribution in [0, 0.1) is 5.92 Å². The Hall–Kier alpha value is -0.0800. The van der Waals surface area contributed by atoms with Crippen LogP contribution in [0.5, 0.6) is 0 Å². The molecule has 0 saturated carbocycles. The fraction of sp³-hybridized carbons (Fsp3) is 1.00. The van der Waals surface area contributed by atoms with Crippen LogP contribution < -0.4 is 5.73 Å². The van der Waals surface area contributed by atoms with Gasteiger partial charge in [-0.3, -0.25) is 0 Å². The second kappa shape index (κ2) is 7.34. The van der Waals surface area contributed by atoms with Crippen molar-refractivity contribution in [2.75, 3.05) is 19.6 Å². The second-order valence-electron chi connectivity index (χ2n) is 3.94. The first kappa shape index (κ1) is 12.9. The van der Waals surface area contributed by atoms with Gasteiger partial charge in [0.05, 0.1) is 0 Å². The van der Waals surface area contributed by atoms with E-state index < -0.39 is 0 Å². The predicted molar refractivity (Wildman–Crippen MR) is 59.8 cm³/mol. The summed E-state index contributed by atoms with van der Waals surface area (Å²) in [6, 6.07) is 0.626. The number of hydrogen-bond acceptors (Lipinski definition) is 2.